The van der Waals surface area contributed by atoms with Crippen molar-refractivity contribution in [2.24, 2.45) is 0 Å². The summed E-state index contributed by atoms with van der Waals surface area (Å²) in [6.07, 6.45) is -0.269. The summed E-state index contributed by atoms with van der Waals surface area (Å²) in [6, 6.07) is 9.06. The van der Waals surface area contributed by atoms with E-state index in [1.165, 1.54) is 30.3 Å². The van der Waals surface area contributed by atoms with Gasteiger partial charge in [-0.25, -0.2) is 17.2 Å². The molecule has 2 aromatic rings. The molecule has 1 atom stereocenters. The molecule has 2 rings (SSSR count). The molecule has 1 unspecified atom stereocenters. The lowest BCUT2D eigenvalue weighted by molar-refractivity contribution is 0.175. The van der Waals surface area contributed by atoms with Gasteiger partial charge in [-0.05, 0) is 29.8 Å². The lowest BCUT2D eigenvalue weighted by Gasteiger charge is -2.13. The summed E-state index contributed by atoms with van der Waals surface area (Å²) in [7, 11) is -3.32. The summed E-state index contributed by atoms with van der Waals surface area (Å²) in [5, 5.41) is 10.0. The summed E-state index contributed by atoms with van der Waals surface area (Å²) in [4.78, 5) is 0.121. The molecule has 3 nitrogen and oxygen atoms in total. The van der Waals surface area contributed by atoms with Crippen molar-refractivity contribution in [1.29, 1.82) is 0 Å². The Kier molecular flexibility index (Phi) is 4.39. The van der Waals surface area contributed by atoms with Crippen LogP contribution in [0.4, 0.5) is 8.78 Å². The highest BCUT2D eigenvalue weighted by Crippen LogP contribution is 2.23. The summed E-state index contributed by atoms with van der Waals surface area (Å²) in [6.45, 7) is 0. The number of hydrogen-bond donors (Lipinski definition) is 1. The van der Waals surface area contributed by atoms with Crippen LogP contribution in [0.15, 0.2) is 47.4 Å². The summed E-state index contributed by atoms with van der Waals surface area (Å²) in [5.41, 5.74) is 0.197. The highest BCUT2D eigenvalue weighted by Gasteiger charge is 2.16. The Balaban J connectivity index is 2.23. The maximum Gasteiger partial charge on any atom is 0.175 e. The summed E-state index contributed by atoms with van der Waals surface area (Å²) < 4.78 is 49.7. The van der Waals surface area contributed by atoms with Crippen molar-refractivity contribution < 1.29 is 22.3 Å². The van der Waals surface area contributed by atoms with Gasteiger partial charge in [0.2, 0.25) is 0 Å². The van der Waals surface area contributed by atoms with E-state index in [1.54, 1.807) is 0 Å². The first-order valence-electron chi connectivity index (χ1n) is 6.20. The van der Waals surface area contributed by atoms with Crippen LogP contribution < -0.4 is 0 Å². The smallest absolute Gasteiger partial charge is 0.175 e. The van der Waals surface area contributed by atoms with Gasteiger partial charge in [0, 0.05) is 18.2 Å². The first kappa shape index (κ1) is 15.6. The minimum atomic E-state index is -3.32. The molecule has 0 aromatic heterocycles. The predicted octanol–water partition coefficient (Wildman–Crippen LogP) is 2.64. The molecule has 0 fully saturated rings. The van der Waals surface area contributed by atoms with Gasteiger partial charge in [0.1, 0.15) is 11.6 Å². The molecule has 2 aromatic carbocycles. The van der Waals surface area contributed by atoms with Crippen molar-refractivity contribution in [2.75, 3.05) is 6.26 Å². The average Bonchev–Trinajstić information content (AvgIpc) is 2.42. The number of sulfone groups is 1. The molecule has 6 heteroatoms. The summed E-state index contributed by atoms with van der Waals surface area (Å²) in [5.74, 6) is -1.44. The molecule has 0 amide bonds. The zero-order chi connectivity index (χ0) is 15.6. The van der Waals surface area contributed by atoms with Gasteiger partial charge in [-0.1, -0.05) is 18.2 Å². The molecule has 0 aliphatic rings. The van der Waals surface area contributed by atoms with Gasteiger partial charge in [0.15, 0.2) is 9.84 Å². The van der Waals surface area contributed by atoms with E-state index >= 15 is 0 Å². The van der Waals surface area contributed by atoms with Gasteiger partial charge in [0.05, 0.1) is 11.0 Å². The van der Waals surface area contributed by atoms with Crippen LogP contribution in [-0.4, -0.2) is 19.8 Å². The third-order valence-electron chi connectivity index (χ3n) is 3.15. The van der Waals surface area contributed by atoms with E-state index in [1.807, 2.05) is 0 Å². The molecule has 0 saturated carbocycles. The highest BCUT2D eigenvalue weighted by atomic mass is 32.2. The van der Waals surface area contributed by atoms with Crippen molar-refractivity contribution >= 4 is 9.84 Å². The number of halogens is 2. The molecule has 0 heterocycles. The van der Waals surface area contributed by atoms with Crippen LogP contribution in [0.2, 0.25) is 0 Å². The van der Waals surface area contributed by atoms with E-state index in [0.717, 1.165) is 18.4 Å². The van der Waals surface area contributed by atoms with E-state index in [9.17, 15) is 22.3 Å². The van der Waals surface area contributed by atoms with E-state index in [-0.39, 0.29) is 16.9 Å². The Morgan fingerprint density at radius 3 is 2.05 bits per heavy atom. The largest absolute Gasteiger partial charge is 0.388 e. The monoisotopic (exact) mass is 312 g/mol. The van der Waals surface area contributed by atoms with Crippen molar-refractivity contribution in [3.8, 4) is 0 Å². The van der Waals surface area contributed by atoms with Crippen LogP contribution in [0.25, 0.3) is 0 Å². The van der Waals surface area contributed by atoms with E-state index in [0.29, 0.717) is 5.56 Å². The zero-order valence-corrected chi connectivity index (χ0v) is 12.1. The fraction of sp³-hybridized carbons (Fsp3) is 0.200. The Hall–Kier alpha value is -1.79. The molecule has 0 aliphatic heterocycles. The van der Waals surface area contributed by atoms with Gasteiger partial charge in [-0.15, -0.1) is 0 Å². The van der Waals surface area contributed by atoms with E-state index in [4.69, 9.17) is 0 Å². The Labute approximate surface area is 121 Å². The Morgan fingerprint density at radius 2 is 1.57 bits per heavy atom. The fourth-order valence-electron chi connectivity index (χ4n) is 1.98. The molecule has 0 aliphatic carbocycles. The van der Waals surface area contributed by atoms with E-state index < -0.39 is 27.6 Å². The third kappa shape index (κ3) is 3.65. The lowest BCUT2D eigenvalue weighted by atomic mass is 10.0. The maximum absolute atomic E-state index is 13.5. The van der Waals surface area contributed by atoms with Gasteiger partial charge in [-0.3, -0.25) is 0 Å². The number of rotatable bonds is 4. The predicted molar refractivity (Wildman–Crippen MR) is 74.6 cm³/mol. The molecule has 112 valence electrons. The van der Waals surface area contributed by atoms with Crippen molar-refractivity contribution in [2.45, 2.75) is 17.4 Å². The van der Waals surface area contributed by atoms with Gasteiger partial charge in [0.25, 0.3) is 0 Å². The number of aliphatic hydroxyl groups is 1. The van der Waals surface area contributed by atoms with Crippen molar-refractivity contribution in [1.82, 2.24) is 0 Å². The van der Waals surface area contributed by atoms with Gasteiger partial charge >= 0.3 is 0 Å². The highest BCUT2D eigenvalue weighted by molar-refractivity contribution is 7.90. The molecule has 21 heavy (non-hydrogen) atoms. The summed E-state index contributed by atoms with van der Waals surface area (Å²) >= 11 is 0. The van der Waals surface area contributed by atoms with Crippen LogP contribution in [0.5, 0.6) is 0 Å². The topological polar surface area (TPSA) is 54.4 Å². The fourth-order valence-corrected chi connectivity index (χ4v) is 2.61. The normalized spacial score (nSPS) is 13.1. The second-order valence-electron chi connectivity index (χ2n) is 4.76. The first-order chi connectivity index (χ1) is 9.79. The zero-order valence-electron chi connectivity index (χ0n) is 11.3. The molecule has 0 bridgehead atoms. The second kappa shape index (κ2) is 5.91. The number of aliphatic hydroxyl groups excluding tert-OH is 1. The Morgan fingerprint density at radius 1 is 1.05 bits per heavy atom. The minimum Gasteiger partial charge on any atom is -0.388 e. The first-order valence-corrected chi connectivity index (χ1v) is 8.09. The number of benzene rings is 2. The van der Waals surface area contributed by atoms with Crippen LogP contribution in [0.1, 0.15) is 17.2 Å². The van der Waals surface area contributed by atoms with Crippen LogP contribution >= 0.6 is 0 Å². The van der Waals surface area contributed by atoms with Gasteiger partial charge in [-0.2, -0.15) is 0 Å². The van der Waals surface area contributed by atoms with Crippen LogP contribution in [-0.2, 0) is 16.3 Å². The molecule has 1 N–H and O–H groups in total. The van der Waals surface area contributed by atoms with Crippen LogP contribution in [0, 0.1) is 11.6 Å². The lowest BCUT2D eigenvalue weighted by Crippen LogP contribution is -2.06. The average molecular weight is 312 g/mol. The SMILES string of the molecule is CS(=O)(=O)c1ccc(C(O)Cc2c(F)cccc2F)cc1. The van der Waals surface area contributed by atoms with Gasteiger partial charge < -0.3 is 5.11 Å². The van der Waals surface area contributed by atoms with E-state index in [2.05, 4.69) is 0 Å². The minimum absolute atomic E-state index is 0.121. The second-order valence-corrected chi connectivity index (χ2v) is 6.78. The van der Waals surface area contributed by atoms with Crippen molar-refractivity contribution in [3.63, 3.8) is 0 Å². The van der Waals surface area contributed by atoms with Crippen molar-refractivity contribution in [3.05, 3.63) is 65.2 Å². The molecule has 0 spiro atoms. The standard InChI is InChI=1S/C15H14F2O3S/c1-21(19,20)11-7-5-10(6-8-11)15(18)9-12-13(16)3-2-4-14(12)17/h2-8,15,18H,9H2,1H3. The van der Waals surface area contributed by atoms with Crippen LogP contribution in [0.3, 0.4) is 0 Å². The molecular formula is C15H14F2O3S. The maximum atomic E-state index is 13.5. The third-order valence-corrected chi connectivity index (χ3v) is 4.28. The number of hydrogen-bond acceptors (Lipinski definition) is 3. The molecule has 0 radical (unpaired) electrons. The molecular weight excluding hydrogens is 298 g/mol. The quantitative estimate of drug-likeness (QED) is 0.944. The molecule has 0 saturated heterocycles. The Bertz CT molecular complexity index is 720.